The van der Waals surface area contributed by atoms with Gasteiger partial charge in [0.15, 0.2) is 5.82 Å². The van der Waals surface area contributed by atoms with Crippen LogP contribution in [0.3, 0.4) is 0 Å². The number of fused-ring (bicyclic) bond motifs is 4. The standard InChI is InChI=1S/C40H41ClN10O4S/c1-21-23(3)56-40-35(21)36(25-5-7-26(41)8-6-25)42-31(37-45-44-24(4)50(37)40)18-34(53)49-19-28(20-49)48-15-13-47(14-16-48)27-9-10-29-30(17-27)22(2)46-51(39(29)55)32-11-12-33(52)43-38(32)54/h5-10,17,28,31-32H,11-16,18-20H2,1-4H3,(H,43,52,54)/t31-,32?/m0/s1. The smallest absolute Gasteiger partial charge is 0.275 e. The normalized spacial score (nSPS) is 20.3. The van der Waals surface area contributed by atoms with Crippen molar-refractivity contribution in [2.75, 3.05) is 44.2 Å². The summed E-state index contributed by atoms with van der Waals surface area (Å²) in [4.78, 5) is 64.6. The Morgan fingerprint density at radius 1 is 0.946 bits per heavy atom. The summed E-state index contributed by atoms with van der Waals surface area (Å²) in [5, 5.41) is 18.7. The van der Waals surface area contributed by atoms with Crippen molar-refractivity contribution in [3.05, 3.63) is 96.8 Å². The Morgan fingerprint density at radius 3 is 2.43 bits per heavy atom. The molecule has 14 nitrogen and oxygen atoms in total. The highest BCUT2D eigenvalue weighted by Gasteiger charge is 2.39. The first kappa shape index (κ1) is 36.4. The van der Waals surface area contributed by atoms with Crippen LogP contribution in [0.2, 0.25) is 5.02 Å². The van der Waals surface area contributed by atoms with E-state index in [9.17, 15) is 19.2 Å². The van der Waals surface area contributed by atoms with Gasteiger partial charge in [0.25, 0.3) is 11.5 Å². The van der Waals surface area contributed by atoms with Crippen LogP contribution < -0.4 is 15.8 Å². The second-order valence-electron chi connectivity index (χ2n) is 15.1. The number of hydrogen-bond donors (Lipinski definition) is 1. The van der Waals surface area contributed by atoms with Crippen LogP contribution in [0.25, 0.3) is 15.8 Å². The maximum atomic E-state index is 13.9. The topological polar surface area (TPSA) is 151 Å². The second-order valence-corrected chi connectivity index (χ2v) is 16.8. The average molecular weight is 793 g/mol. The summed E-state index contributed by atoms with van der Waals surface area (Å²) >= 11 is 7.96. The fourth-order valence-electron chi connectivity index (χ4n) is 8.39. The zero-order valence-electron chi connectivity index (χ0n) is 31.6. The van der Waals surface area contributed by atoms with E-state index in [1.165, 1.54) is 9.56 Å². The fourth-order valence-corrected chi connectivity index (χ4v) is 9.73. The Kier molecular flexibility index (Phi) is 9.13. The number of nitrogens with zero attached hydrogens (tertiary/aromatic N) is 9. The predicted molar refractivity (Wildman–Crippen MR) is 214 cm³/mol. The molecule has 3 fully saturated rings. The van der Waals surface area contributed by atoms with Gasteiger partial charge in [0, 0.05) is 83.8 Å². The lowest BCUT2D eigenvalue weighted by atomic mass is 9.99. The van der Waals surface area contributed by atoms with Crippen molar-refractivity contribution in [2.24, 2.45) is 4.99 Å². The number of rotatable bonds is 6. The third-order valence-corrected chi connectivity index (χ3v) is 13.2. The number of benzene rings is 2. The lowest BCUT2D eigenvalue weighted by molar-refractivity contribution is -0.139. The number of aryl methyl sites for hydroxylation is 3. The van der Waals surface area contributed by atoms with Crippen LogP contribution in [0.4, 0.5) is 5.69 Å². The fraction of sp³-hybridized carbons (Fsp3) is 0.400. The van der Waals surface area contributed by atoms with E-state index in [0.717, 1.165) is 70.5 Å². The number of aliphatic imine (C=N–C) groups is 1. The van der Waals surface area contributed by atoms with Crippen molar-refractivity contribution in [1.29, 1.82) is 0 Å². The number of imide groups is 1. The summed E-state index contributed by atoms with van der Waals surface area (Å²) in [5.41, 5.74) is 5.29. The Balaban J connectivity index is 0.864. The van der Waals surface area contributed by atoms with Crippen LogP contribution >= 0.6 is 22.9 Å². The van der Waals surface area contributed by atoms with Crippen molar-refractivity contribution in [1.82, 2.24) is 39.7 Å². The second kappa shape index (κ2) is 14.0. The highest BCUT2D eigenvalue weighted by atomic mass is 35.5. The minimum atomic E-state index is -0.804. The van der Waals surface area contributed by atoms with E-state index in [1.807, 2.05) is 61.2 Å². The molecule has 7 heterocycles. The SMILES string of the molecule is Cc1sc2c(c1C)C(c1ccc(Cl)cc1)=N[C@@H](CC(=O)N1CC(N3CCN(c4ccc5c(=O)n(C6CCC(=O)NC6=O)nc(C)c5c4)CC3)C1)c1nnc(C)n1-2. The maximum Gasteiger partial charge on any atom is 0.275 e. The maximum absolute atomic E-state index is 13.9. The first-order chi connectivity index (χ1) is 26.9. The Bertz CT molecular complexity index is 2530. The summed E-state index contributed by atoms with van der Waals surface area (Å²) in [5.74, 6) is 0.656. The van der Waals surface area contributed by atoms with Gasteiger partial charge in [-0.25, -0.2) is 4.68 Å². The number of thiophene rings is 1. The van der Waals surface area contributed by atoms with Crippen LogP contribution in [0.15, 0.2) is 52.3 Å². The monoisotopic (exact) mass is 792 g/mol. The van der Waals surface area contributed by atoms with Crippen molar-refractivity contribution >= 4 is 62.8 Å². The molecule has 2 aromatic carbocycles. The third kappa shape index (κ3) is 6.21. The van der Waals surface area contributed by atoms with Gasteiger partial charge in [-0.15, -0.1) is 21.5 Å². The lowest BCUT2D eigenvalue weighted by Gasteiger charge is -2.48. The number of aromatic nitrogens is 5. The largest absolute Gasteiger partial charge is 0.369 e. The van der Waals surface area contributed by atoms with Gasteiger partial charge >= 0.3 is 0 Å². The number of halogens is 1. The number of hydrogen-bond acceptors (Lipinski definition) is 11. The molecule has 3 amide bonds. The molecule has 0 aliphatic carbocycles. The molecule has 5 aromatic rings. The summed E-state index contributed by atoms with van der Waals surface area (Å²) in [6, 6.07) is 12.4. The third-order valence-electron chi connectivity index (χ3n) is 11.7. The van der Waals surface area contributed by atoms with Crippen molar-refractivity contribution in [3.8, 4) is 5.00 Å². The molecule has 0 radical (unpaired) electrons. The molecule has 3 aromatic heterocycles. The molecule has 288 valence electrons. The van der Waals surface area contributed by atoms with E-state index >= 15 is 0 Å². The van der Waals surface area contributed by atoms with Crippen molar-refractivity contribution in [3.63, 3.8) is 0 Å². The van der Waals surface area contributed by atoms with Crippen LogP contribution in [0, 0.1) is 27.7 Å². The van der Waals surface area contributed by atoms with E-state index in [1.54, 1.807) is 11.3 Å². The molecule has 0 bridgehead atoms. The molecular formula is C40H41ClN10O4S. The van der Waals surface area contributed by atoms with Gasteiger partial charge in [-0.1, -0.05) is 23.7 Å². The van der Waals surface area contributed by atoms with Gasteiger partial charge < -0.3 is 9.80 Å². The van der Waals surface area contributed by atoms with E-state index in [-0.39, 0.29) is 42.7 Å². The average Bonchev–Trinajstić information content (AvgIpc) is 3.64. The number of carbonyl (C=O) groups excluding carboxylic acids is 3. The number of piperazine rings is 1. The summed E-state index contributed by atoms with van der Waals surface area (Å²) in [6.45, 7) is 12.6. The molecule has 0 spiro atoms. The van der Waals surface area contributed by atoms with E-state index in [2.05, 4.69) is 48.8 Å². The molecule has 9 rings (SSSR count). The quantitative estimate of drug-likeness (QED) is 0.250. The summed E-state index contributed by atoms with van der Waals surface area (Å²) < 4.78 is 3.30. The first-order valence-corrected chi connectivity index (χ1v) is 20.1. The summed E-state index contributed by atoms with van der Waals surface area (Å²) in [7, 11) is 0. The van der Waals surface area contributed by atoms with Crippen molar-refractivity contribution in [2.45, 2.75) is 65.1 Å². The van der Waals surface area contributed by atoms with Crippen molar-refractivity contribution < 1.29 is 14.4 Å². The zero-order chi connectivity index (χ0) is 39.0. The number of amides is 3. The molecule has 56 heavy (non-hydrogen) atoms. The van der Waals surface area contributed by atoms with Gasteiger partial charge in [0.2, 0.25) is 11.8 Å². The van der Waals surface area contributed by atoms with Gasteiger partial charge in [-0.2, -0.15) is 5.10 Å². The number of piperidine rings is 1. The minimum Gasteiger partial charge on any atom is -0.369 e. The molecule has 0 saturated carbocycles. The number of likely N-dealkylation sites (tertiary alicyclic amines) is 1. The highest BCUT2D eigenvalue weighted by molar-refractivity contribution is 7.15. The predicted octanol–water partition coefficient (Wildman–Crippen LogP) is 4.22. The number of nitrogens with one attached hydrogen (secondary N) is 1. The molecule has 2 atom stereocenters. The zero-order valence-corrected chi connectivity index (χ0v) is 33.2. The van der Waals surface area contributed by atoms with Gasteiger partial charge in [-0.05, 0) is 70.0 Å². The van der Waals surface area contributed by atoms with E-state index < -0.39 is 18.0 Å². The number of anilines is 1. The molecule has 1 N–H and O–H groups in total. The first-order valence-electron chi connectivity index (χ1n) is 18.9. The van der Waals surface area contributed by atoms with Crippen LogP contribution in [0.1, 0.15) is 70.3 Å². The Labute approximate surface area is 331 Å². The Hall–Kier alpha value is -5.25. The molecule has 16 heteroatoms. The van der Waals surface area contributed by atoms with Gasteiger partial charge in [0.1, 0.15) is 22.9 Å². The molecular weight excluding hydrogens is 752 g/mol. The highest BCUT2D eigenvalue weighted by Crippen LogP contribution is 2.40. The minimum absolute atomic E-state index is 0.0475. The lowest BCUT2D eigenvalue weighted by Crippen LogP contribution is -2.64. The van der Waals surface area contributed by atoms with Crippen LogP contribution in [-0.4, -0.2) is 103 Å². The Morgan fingerprint density at radius 2 is 1.70 bits per heavy atom. The van der Waals surface area contributed by atoms with Crippen LogP contribution in [0.5, 0.6) is 0 Å². The van der Waals surface area contributed by atoms with E-state index in [4.69, 9.17) is 16.6 Å². The molecule has 4 aliphatic rings. The van der Waals surface area contributed by atoms with E-state index in [0.29, 0.717) is 35.0 Å². The van der Waals surface area contributed by atoms with Gasteiger partial charge in [-0.3, -0.25) is 39.0 Å². The number of carbonyl (C=O) groups is 3. The van der Waals surface area contributed by atoms with Gasteiger partial charge in [0.05, 0.1) is 23.2 Å². The molecule has 3 saturated heterocycles. The molecule has 4 aliphatic heterocycles. The van der Waals surface area contributed by atoms with Crippen LogP contribution in [-0.2, 0) is 14.4 Å². The summed E-state index contributed by atoms with van der Waals surface area (Å²) in [6.07, 6.45) is 0.612. The molecule has 1 unspecified atom stereocenters.